The summed E-state index contributed by atoms with van der Waals surface area (Å²) in [7, 11) is 0. The molecule has 388 valence electrons. The minimum absolute atomic E-state index is 0. The van der Waals surface area contributed by atoms with Gasteiger partial charge in [0.1, 0.15) is 0 Å². The number of hydrogen-bond donors (Lipinski definition) is 0. The minimum atomic E-state index is 0. The minimum Gasteiger partial charge on any atom is -0.265 e. The molecule has 0 spiro atoms. The molecule has 5 aliphatic carbocycles. The Bertz CT molecular complexity index is 1810. The molecule has 4 nitrogen and oxygen atoms in total. The van der Waals surface area contributed by atoms with E-state index in [0.717, 1.165) is 64.7 Å². The molecule has 0 saturated heterocycles. The third-order valence-electron chi connectivity index (χ3n) is 12.2. The predicted octanol–water partition coefficient (Wildman–Crippen LogP) is 21.1. The van der Waals surface area contributed by atoms with Crippen molar-refractivity contribution >= 4 is 10.9 Å². The summed E-state index contributed by atoms with van der Waals surface area (Å²) in [6.45, 7) is 31.5. The summed E-state index contributed by atoms with van der Waals surface area (Å²) in [4.78, 5) is 16.7. The van der Waals surface area contributed by atoms with E-state index in [0.29, 0.717) is 0 Å². The smallest absolute Gasteiger partial charge is 0.0704 e. The van der Waals surface area contributed by atoms with Crippen LogP contribution >= 0.6 is 0 Å². The molecule has 0 unspecified atom stereocenters. The molecule has 0 N–H and O–H groups in total. The number of fused-ring (bicyclic) bond motifs is 1. The molecule has 0 amide bonds. The normalized spacial score (nSPS) is 23.0. The summed E-state index contributed by atoms with van der Waals surface area (Å²) in [6, 6.07) is 36.0. The van der Waals surface area contributed by atoms with Crippen LogP contribution in [-0.2, 0) is 0 Å². The highest BCUT2D eigenvalue weighted by Gasteiger charge is 2.36. The molecule has 10 atom stereocenters. The van der Waals surface area contributed by atoms with Crippen molar-refractivity contribution in [2.24, 2.45) is 29.6 Å². The number of nitrogens with zero attached hydrogens (tertiary/aromatic N) is 4. The maximum Gasteiger partial charge on any atom is 0.0704 e. The van der Waals surface area contributed by atoms with Gasteiger partial charge in [-0.1, -0.05) is 202 Å². The van der Waals surface area contributed by atoms with Crippen molar-refractivity contribution in [1.29, 1.82) is 0 Å². The van der Waals surface area contributed by atoms with Crippen molar-refractivity contribution in [2.45, 2.75) is 203 Å². The van der Waals surface area contributed by atoms with E-state index in [1.165, 1.54) is 65.4 Å². The van der Waals surface area contributed by atoms with Gasteiger partial charge in [0.25, 0.3) is 0 Å². The fraction of sp³-hybridized carbons (Fsp3) is 0.538. The van der Waals surface area contributed by atoms with E-state index in [2.05, 4.69) is 146 Å². The van der Waals surface area contributed by atoms with Gasteiger partial charge in [0.15, 0.2) is 0 Å². The number of hydrogen-bond acceptors (Lipinski definition) is 4. The molecule has 69 heavy (non-hydrogen) atoms. The fourth-order valence-corrected chi connectivity index (χ4v) is 7.79. The van der Waals surface area contributed by atoms with Crippen LogP contribution in [0.25, 0.3) is 10.9 Å². The van der Waals surface area contributed by atoms with Crippen LogP contribution in [0.5, 0.6) is 0 Å². The maximum absolute atomic E-state index is 4.38. The standard InChI is InChI=1S/C13H13N.C10H12.3C9H11N.5C2H6.5CH4/c1-9-8-12(9)10-6-7-14-13-5-3-2-4-11(10)13;1-8-7-10(8)9-5-3-2-4-6-9;1-7-6-9(7)8-2-4-10-5-3-8;1-7-5-9(7)8-3-2-4-10-6-8;1-7-6-8(7)9-4-2-3-5-10-9;5*1-2;;;;;/h2-7,9,12H,8H2,1H3;2-6,8,10H,7H2,1H3;2-5,7,9H,6H2,1H3;2-4,6-7,9H,5H2,1H3;2-5,7-8H,6H2,1H3;5*1-2H3;5*1H4/t9-,12-;8-,10-;2*7-,9-;7-,8-;;;;;;;;;;/m11111........../s1. The Balaban J connectivity index is -0.000000361. The van der Waals surface area contributed by atoms with Crippen LogP contribution in [0, 0.1) is 29.6 Å². The lowest BCUT2D eigenvalue weighted by Crippen LogP contribution is -1.86. The highest BCUT2D eigenvalue weighted by atomic mass is 14.7. The van der Waals surface area contributed by atoms with Gasteiger partial charge in [-0.3, -0.25) is 19.9 Å². The Morgan fingerprint density at radius 2 is 0.754 bits per heavy atom. The maximum atomic E-state index is 4.38. The zero-order chi connectivity index (χ0) is 47.4. The van der Waals surface area contributed by atoms with E-state index >= 15 is 0 Å². The van der Waals surface area contributed by atoms with E-state index in [1.54, 1.807) is 0 Å². The van der Waals surface area contributed by atoms with E-state index in [1.807, 2.05) is 119 Å². The first-order chi connectivity index (χ1) is 31.4. The second-order valence-electron chi connectivity index (χ2n) is 16.7. The largest absolute Gasteiger partial charge is 0.265 e. The van der Waals surface area contributed by atoms with E-state index in [4.69, 9.17) is 0 Å². The van der Waals surface area contributed by atoms with Crippen LogP contribution in [0.2, 0.25) is 0 Å². The van der Waals surface area contributed by atoms with Crippen molar-refractivity contribution in [3.63, 3.8) is 0 Å². The lowest BCUT2D eigenvalue weighted by atomic mass is 10.0. The SMILES string of the molecule is C.C.C.C.C.CC.CC.CC.CC.CC.C[C@@H]1C[C@H]1c1ccccc1.C[C@@H]1C[C@H]1c1ccccn1.C[C@@H]1C[C@H]1c1cccnc1.C[C@@H]1C[C@H]1c1ccnc2ccccc12.C[C@@H]1C[C@H]1c1ccncc1. The zero-order valence-corrected chi connectivity index (χ0v) is 42.9. The van der Waals surface area contributed by atoms with Crippen molar-refractivity contribution in [1.82, 2.24) is 19.9 Å². The van der Waals surface area contributed by atoms with Gasteiger partial charge in [-0.05, 0) is 150 Å². The van der Waals surface area contributed by atoms with E-state index in [-0.39, 0.29) is 37.1 Å². The van der Waals surface area contributed by atoms with Crippen LogP contribution < -0.4 is 0 Å². The molecule has 11 rings (SSSR count). The van der Waals surface area contributed by atoms with Gasteiger partial charge < -0.3 is 0 Å². The van der Waals surface area contributed by atoms with Crippen molar-refractivity contribution in [3.05, 3.63) is 168 Å². The van der Waals surface area contributed by atoms with Gasteiger partial charge in [-0.2, -0.15) is 0 Å². The molecule has 5 fully saturated rings. The number of rotatable bonds is 5. The lowest BCUT2D eigenvalue weighted by Gasteiger charge is -2.03. The Labute approximate surface area is 429 Å². The second kappa shape index (κ2) is 40.1. The summed E-state index contributed by atoms with van der Waals surface area (Å²) in [5.41, 5.74) is 8.29. The molecule has 4 heterocycles. The predicted molar refractivity (Wildman–Crippen MR) is 314 cm³/mol. The van der Waals surface area contributed by atoms with Crippen LogP contribution in [0.15, 0.2) is 140 Å². The molecule has 4 heteroatoms. The highest BCUT2D eigenvalue weighted by molar-refractivity contribution is 5.82. The molecule has 0 bridgehead atoms. The summed E-state index contributed by atoms with van der Waals surface area (Å²) < 4.78 is 0. The van der Waals surface area contributed by atoms with Gasteiger partial charge >= 0.3 is 0 Å². The Morgan fingerprint density at radius 1 is 0.333 bits per heavy atom. The average molecular weight is 946 g/mol. The van der Waals surface area contributed by atoms with Gasteiger partial charge in [0, 0.05) is 54.2 Å². The Hall–Kier alpha value is -4.70. The zero-order valence-electron chi connectivity index (χ0n) is 42.9. The molecular formula is C65H108N4. The third kappa shape index (κ3) is 24.6. The van der Waals surface area contributed by atoms with Gasteiger partial charge in [-0.15, -0.1) is 0 Å². The quantitative estimate of drug-likeness (QED) is 0.173. The van der Waals surface area contributed by atoms with Gasteiger partial charge in [0.05, 0.1) is 5.52 Å². The molecule has 6 aromatic rings. The summed E-state index contributed by atoms with van der Waals surface area (Å²) in [5.74, 6) is 8.53. The van der Waals surface area contributed by atoms with Crippen molar-refractivity contribution in [3.8, 4) is 0 Å². The number of aromatic nitrogens is 4. The first-order valence-electron chi connectivity index (χ1n) is 25.5. The summed E-state index contributed by atoms with van der Waals surface area (Å²) in [5, 5.41) is 1.34. The van der Waals surface area contributed by atoms with Crippen LogP contribution in [-0.4, -0.2) is 19.9 Å². The van der Waals surface area contributed by atoms with Crippen molar-refractivity contribution in [2.75, 3.05) is 0 Å². The number of pyridine rings is 4. The summed E-state index contributed by atoms with van der Waals surface area (Å²) in [6.07, 6.45) is 18.2. The molecule has 2 aromatic carbocycles. The van der Waals surface area contributed by atoms with E-state index in [9.17, 15) is 0 Å². The molecule has 5 aliphatic rings. The van der Waals surface area contributed by atoms with E-state index < -0.39 is 0 Å². The average Bonchev–Trinajstić information content (AvgIpc) is 4.08. The Morgan fingerprint density at radius 3 is 1.19 bits per heavy atom. The molecule has 5 saturated carbocycles. The summed E-state index contributed by atoms with van der Waals surface area (Å²) >= 11 is 0. The molecular weight excluding hydrogens is 837 g/mol. The monoisotopic (exact) mass is 945 g/mol. The third-order valence-corrected chi connectivity index (χ3v) is 12.2. The van der Waals surface area contributed by atoms with Gasteiger partial charge in [0.2, 0.25) is 0 Å². The molecule has 0 radical (unpaired) electrons. The lowest BCUT2D eigenvalue weighted by molar-refractivity contribution is 0.885. The molecule has 0 aliphatic heterocycles. The fourth-order valence-electron chi connectivity index (χ4n) is 7.79. The second-order valence-corrected chi connectivity index (χ2v) is 16.7. The topological polar surface area (TPSA) is 51.6 Å². The first kappa shape index (κ1) is 70.9. The number of benzene rings is 2. The highest BCUT2D eigenvalue weighted by Crippen LogP contribution is 2.49. The van der Waals surface area contributed by atoms with Crippen LogP contribution in [0.4, 0.5) is 0 Å². The Kier molecular flexibility index (Phi) is 41.2. The van der Waals surface area contributed by atoms with Gasteiger partial charge in [-0.25, -0.2) is 0 Å². The van der Waals surface area contributed by atoms with Crippen LogP contribution in [0.3, 0.4) is 0 Å². The van der Waals surface area contributed by atoms with Crippen molar-refractivity contribution < 1.29 is 0 Å². The van der Waals surface area contributed by atoms with Crippen LogP contribution in [0.1, 0.15) is 231 Å². The first-order valence-corrected chi connectivity index (χ1v) is 25.5. The number of para-hydroxylation sites is 1. The molecule has 4 aromatic heterocycles.